The van der Waals surface area contributed by atoms with Crippen LogP contribution >= 0.6 is 0 Å². The Hall–Kier alpha value is -1.40. The van der Waals surface area contributed by atoms with Gasteiger partial charge in [-0.1, -0.05) is 12.8 Å². The summed E-state index contributed by atoms with van der Waals surface area (Å²) in [5.41, 5.74) is 1.63. The third-order valence-electron chi connectivity index (χ3n) is 2.93. The first-order valence-corrected chi connectivity index (χ1v) is 5.94. The van der Waals surface area contributed by atoms with Crippen LogP contribution in [0.15, 0.2) is 18.3 Å². The van der Waals surface area contributed by atoms with Gasteiger partial charge in [0, 0.05) is 12.7 Å². The summed E-state index contributed by atoms with van der Waals surface area (Å²) in [7, 11) is 0. The van der Waals surface area contributed by atoms with E-state index >= 15 is 0 Å². The molecule has 0 radical (unpaired) electrons. The van der Waals surface area contributed by atoms with Gasteiger partial charge in [0.15, 0.2) is 0 Å². The summed E-state index contributed by atoms with van der Waals surface area (Å²) in [6.45, 7) is 1.91. The molecule has 0 aliphatic heterocycles. The van der Waals surface area contributed by atoms with Crippen molar-refractivity contribution in [1.82, 2.24) is 10.3 Å². The van der Waals surface area contributed by atoms with Gasteiger partial charge in [-0.2, -0.15) is 5.26 Å². The first-order valence-electron chi connectivity index (χ1n) is 5.94. The topological polar surface area (TPSA) is 48.7 Å². The molecular weight excluding hydrogens is 198 g/mol. The van der Waals surface area contributed by atoms with Gasteiger partial charge in [0.25, 0.3) is 0 Å². The fourth-order valence-corrected chi connectivity index (χ4v) is 1.80. The average Bonchev–Trinajstić information content (AvgIpc) is 3.13. The summed E-state index contributed by atoms with van der Waals surface area (Å²) in [5, 5.41) is 12.1. The zero-order valence-electron chi connectivity index (χ0n) is 9.45. The number of rotatable bonds is 6. The SMILES string of the molecule is N#Cc1cc(CNCCCC2CC2)ccn1. The predicted octanol–water partition coefficient (Wildman–Crippen LogP) is 2.23. The zero-order chi connectivity index (χ0) is 11.2. The van der Waals surface area contributed by atoms with Crippen molar-refractivity contribution in [1.29, 1.82) is 5.26 Å². The van der Waals surface area contributed by atoms with Crippen LogP contribution in [0.1, 0.15) is 36.9 Å². The Balaban J connectivity index is 1.65. The van der Waals surface area contributed by atoms with E-state index in [1.165, 1.54) is 25.7 Å². The first-order chi connectivity index (χ1) is 7.88. The van der Waals surface area contributed by atoms with Crippen molar-refractivity contribution in [2.45, 2.75) is 32.2 Å². The minimum absolute atomic E-state index is 0.497. The average molecular weight is 215 g/mol. The monoisotopic (exact) mass is 215 g/mol. The van der Waals surface area contributed by atoms with Crippen molar-refractivity contribution in [3.05, 3.63) is 29.6 Å². The smallest absolute Gasteiger partial charge is 0.140 e. The highest BCUT2D eigenvalue weighted by atomic mass is 14.8. The van der Waals surface area contributed by atoms with Crippen LogP contribution in [0.3, 0.4) is 0 Å². The van der Waals surface area contributed by atoms with Gasteiger partial charge in [-0.25, -0.2) is 4.98 Å². The standard InChI is InChI=1S/C13H17N3/c14-9-13-8-12(5-7-16-13)10-15-6-1-2-11-3-4-11/h5,7-8,11,15H,1-4,6,10H2. The molecule has 0 atom stereocenters. The van der Waals surface area contributed by atoms with E-state index in [-0.39, 0.29) is 0 Å². The van der Waals surface area contributed by atoms with Gasteiger partial charge in [-0.3, -0.25) is 0 Å². The molecule has 1 aromatic rings. The molecule has 1 N–H and O–H groups in total. The molecule has 3 nitrogen and oxygen atoms in total. The third-order valence-corrected chi connectivity index (χ3v) is 2.93. The quantitative estimate of drug-likeness (QED) is 0.740. The molecule has 3 heteroatoms. The summed E-state index contributed by atoms with van der Waals surface area (Å²) in [6, 6.07) is 5.85. The van der Waals surface area contributed by atoms with Gasteiger partial charge in [-0.05, 0) is 43.0 Å². The summed E-state index contributed by atoms with van der Waals surface area (Å²) in [6.07, 6.45) is 7.21. The summed E-state index contributed by atoms with van der Waals surface area (Å²) in [4.78, 5) is 3.94. The number of nitriles is 1. The van der Waals surface area contributed by atoms with Crippen LogP contribution in [-0.4, -0.2) is 11.5 Å². The molecule has 0 unspecified atom stereocenters. The summed E-state index contributed by atoms with van der Waals surface area (Å²) < 4.78 is 0. The highest BCUT2D eigenvalue weighted by Crippen LogP contribution is 2.33. The minimum atomic E-state index is 0.497. The molecule has 1 aliphatic carbocycles. The van der Waals surface area contributed by atoms with E-state index in [1.807, 2.05) is 12.1 Å². The number of hydrogen-bond donors (Lipinski definition) is 1. The van der Waals surface area contributed by atoms with Gasteiger partial charge in [0.2, 0.25) is 0 Å². The molecule has 84 valence electrons. The van der Waals surface area contributed by atoms with Crippen LogP contribution in [0.25, 0.3) is 0 Å². The van der Waals surface area contributed by atoms with E-state index in [2.05, 4.69) is 16.4 Å². The van der Waals surface area contributed by atoms with Crippen LogP contribution in [-0.2, 0) is 6.54 Å². The van der Waals surface area contributed by atoms with Gasteiger partial charge in [-0.15, -0.1) is 0 Å². The predicted molar refractivity (Wildman–Crippen MR) is 62.6 cm³/mol. The lowest BCUT2D eigenvalue weighted by molar-refractivity contribution is 0.593. The van der Waals surface area contributed by atoms with Crippen LogP contribution in [0.2, 0.25) is 0 Å². The molecule has 0 bridgehead atoms. The molecule has 16 heavy (non-hydrogen) atoms. The van der Waals surface area contributed by atoms with Crippen molar-refractivity contribution in [2.75, 3.05) is 6.54 Å². The second-order valence-corrected chi connectivity index (χ2v) is 4.42. The summed E-state index contributed by atoms with van der Waals surface area (Å²) >= 11 is 0. The Kier molecular flexibility index (Phi) is 3.90. The highest BCUT2D eigenvalue weighted by Gasteiger charge is 2.19. The maximum atomic E-state index is 8.71. The van der Waals surface area contributed by atoms with Crippen LogP contribution in [0.5, 0.6) is 0 Å². The number of aromatic nitrogens is 1. The van der Waals surface area contributed by atoms with Crippen molar-refractivity contribution < 1.29 is 0 Å². The van der Waals surface area contributed by atoms with Crippen LogP contribution in [0, 0.1) is 17.2 Å². The van der Waals surface area contributed by atoms with Crippen LogP contribution in [0.4, 0.5) is 0 Å². The molecule has 0 aromatic carbocycles. The van der Waals surface area contributed by atoms with Crippen molar-refractivity contribution in [3.8, 4) is 6.07 Å². The highest BCUT2D eigenvalue weighted by molar-refractivity contribution is 5.25. The number of hydrogen-bond acceptors (Lipinski definition) is 3. The minimum Gasteiger partial charge on any atom is -0.313 e. The fraction of sp³-hybridized carbons (Fsp3) is 0.538. The Bertz CT molecular complexity index is 377. The normalized spacial score (nSPS) is 14.7. The van der Waals surface area contributed by atoms with Crippen molar-refractivity contribution >= 4 is 0 Å². The molecule has 1 aromatic heterocycles. The van der Waals surface area contributed by atoms with Gasteiger partial charge < -0.3 is 5.32 Å². The molecule has 0 saturated heterocycles. The maximum Gasteiger partial charge on any atom is 0.140 e. The summed E-state index contributed by atoms with van der Waals surface area (Å²) in [5.74, 6) is 1.02. The second kappa shape index (κ2) is 5.62. The second-order valence-electron chi connectivity index (χ2n) is 4.42. The van der Waals surface area contributed by atoms with Crippen molar-refractivity contribution in [3.63, 3.8) is 0 Å². The number of nitrogens with one attached hydrogen (secondary N) is 1. The van der Waals surface area contributed by atoms with Gasteiger partial charge in [0.1, 0.15) is 11.8 Å². The molecule has 1 heterocycles. The molecule has 0 spiro atoms. The molecule has 2 rings (SSSR count). The largest absolute Gasteiger partial charge is 0.313 e. The van der Waals surface area contributed by atoms with E-state index < -0.39 is 0 Å². The van der Waals surface area contributed by atoms with Gasteiger partial charge >= 0.3 is 0 Å². The van der Waals surface area contributed by atoms with E-state index in [9.17, 15) is 0 Å². The Morgan fingerprint density at radius 2 is 2.38 bits per heavy atom. The van der Waals surface area contributed by atoms with E-state index in [4.69, 9.17) is 5.26 Å². The molecular formula is C13H17N3. The number of pyridine rings is 1. The lowest BCUT2D eigenvalue weighted by atomic mass is 10.2. The lowest BCUT2D eigenvalue weighted by Gasteiger charge is -2.04. The number of nitrogens with zero attached hydrogens (tertiary/aromatic N) is 2. The van der Waals surface area contributed by atoms with Crippen molar-refractivity contribution in [2.24, 2.45) is 5.92 Å². The molecule has 1 fully saturated rings. The first kappa shape index (κ1) is 11.1. The molecule has 0 amide bonds. The third kappa shape index (κ3) is 3.63. The van der Waals surface area contributed by atoms with E-state index in [0.717, 1.165) is 24.6 Å². The van der Waals surface area contributed by atoms with Gasteiger partial charge in [0.05, 0.1) is 0 Å². The zero-order valence-corrected chi connectivity index (χ0v) is 9.45. The van der Waals surface area contributed by atoms with Crippen LogP contribution < -0.4 is 5.32 Å². The Labute approximate surface area is 96.5 Å². The maximum absolute atomic E-state index is 8.71. The Morgan fingerprint density at radius 3 is 3.12 bits per heavy atom. The molecule has 1 aliphatic rings. The lowest BCUT2D eigenvalue weighted by Crippen LogP contribution is -2.14. The fourth-order valence-electron chi connectivity index (χ4n) is 1.80. The van der Waals surface area contributed by atoms with E-state index in [1.54, 1.807) is 6.20 Å². The molecule has 1 saturated carbocycles. The van der Waals surface area contributed by atoms with E-state index in [0.29, 0.717) is 5.69 Å². The Morgan fingerprint density at radius 1 is 1.50 bits per heavy atom.